The molecule has 0 aliphatic carbocycles. The molecule has 2 aliphatic rings. The molecule has 3 heteroatoms. The van der Waals surface area contributed by atoms with Gasteiger partial charge in [0.25, 0.3) is 0 Å². The van der Waals surface area contributed by atoms with Crippen LogP contribution in [-0.2, 0) is 11.2 Å². The second-order valence-electron chi connectivity index (χ2n) is 6.75. The van der Waals surface area contributed by atoms with E-state index in [1.165, 1.54) is 41.9 Å². The molecule has 21 heavy (non-hydrogen) atoms. The van der Waals surface area contributed by atoms with Gasteiger partial charge in [0, 0.05) is 12.6 Å². The van der Waals surface area contributed by atoms with Crippen molar-refractivity contribution in [3.05, 3.63) is 35.4 Å². The molecule has 0 radical (unpaired) electrons. The quantitative estimate of drug-likeness (QED) is 0.927. The summed E-state index contributed by atoms with van der Waals surface area (Å²) in [5.41, 5.74) is 9.41. The van der Waals surface area contributed by atoms with Crippen molar-refractivity contribution in [2.75, 3.05) is 18.1 Å². The van der Waals surface area contributed by atoms with Crippen LogP contribution < -0.4 is 5.73 Å². The van der Waals surface area contributed by atoms with Crippen molar-refractivity contribution in [3.8, 4) is 0 Å². The molecule has 0 aromatic heterocycles. The van der Waals surface area contributed by atoms with Crippen LogP contribution in [0.5, 0.6) is 0 Å². The highest BCUT2D eigenvalue weighted by atomic mass is 32.2. The van der Waals surface area contributed by atoms with E-state index in [1.54, 1.807) is 0 Å². The van der Waals surface area contributed by atoms with Gasteiger partial charge in [-0.1, -0.05) is 29.8 Å². The monoisotopic (exact) mass is 305 g/mol. The van der Waals surface area contributed by atoms with Gasteiger partial charge >= 0.3 is 0 Å². The van der Waals surface area contributed by atoms with Gasteiger partial charge in [0.2, 0.25) is 0 Å². The molecule has 1 aromatic carbocycles. The Morgan fingerprint density at radius 3 is 2.95 bits per heavy atom. The van der Waals surface area contributed by atoms with Crippen LogP contribution >= 0.6 is 11.8 Å². The first kappa shape index (κ1) is 15.4. The zero-order valence-electron chi connectivity index (χ0n) is 13.0. The van der Waals surface area contributed by atoms with Crippen molar-refractivity contribution in [2.45, 2.75) is 50.7 Å². The summed E-state index contributed by atoms with van der Waals surface area (Å²) < 4.78 is 6.19. The Morgan fingerprint density at radius 2 is 2.19 bits per heavy atom. The minimum absolute atomic E-state index is 0.151. The third-order valence-electron chi connectivity index (χ3n) is 5.09. The molecular weight excluding hydrogens is 278 g/mol. The van der Waals surface area contributed by atoms with Gasteiger partial charge in [0.1, 0.15) is 0 Å². The molecule has 2 atom stereocenters. The summed E-state index contributed by atoms with van der Waals surface area (Å²) in [6.45, 7) is 3.05. The fourth-order valence-corrected chi connectivity index (χ4v) is 5.04. The summed E-state index contributed by atoms with van der Waals surface area (Å²) in [4.78, 5) is 0. The first-order valence-electron chi connectivity index (χ1n) is 8.20. The molecule has 2 N–H and O–H groups in total. The predicted molar refractivity (Wildman–Crippen MR) is 90.8 cm³/mol. The maximum absolute atomic E-state index is 6.56. The van der Waals surface area contributed by atoms with Crippen LogP contribution in [0.15, 0.2) is 24.3 Å². The van der Waals surface area contributed by atoms with Gasteiger partial charge in [-0.25, -0.2) is 0 Å². The molecule has 2 aliphatic heterocycles. The highest BCUT2D eigenvalue weighted by molar-refractivity contribution is 7.99. The number of benzene rings is 1. The lowest BCUT2D eigenvalue weighted by molar-refractivity contribution is -0.105. The predicted octanol–water partition coefficient (Wildman–Crippen LogP) is 3.56. The Hall–Kier alpha value is -0.510. The highest BCUT2D eigenvalue weighted by Gasteiger charge is 2.40. The lowest BCUT2D eigenvalue weighted by atomic mass is 9.77. The highest BCUT2D eigenvalue weighted by Crippen LogP contribution is 2.40. The molecular formula is C18H27NOS. The lowest BCUT2D eigenvalue weighted by Gasteiger charge is -2.44. The summed E-state index contributed by atoms with van der Waals surface area (Å²) >= 11 is 2.07. The van der Waals surface area contributed by atoms with E-state index in [0.717, 1.165) is 19.4 Å². The summed E-state index contributed by atoms with van der Waals surface area (Å²) in [5.74, 6) is 3.11. The topological polar surface area (TPSA) is 35.2 Å². The van der Waals surface area contributed by atoms with Crippen molar-refractivity contribution >= 4 is 11.8 Å². The van der Waals surface area contributed by atoms with Crippen molar-refractivity contribution in [1.29, 1.82) is 0 Å². The number of rotatable bonds is 3. The van der Waals surface area contributed by atoms with Crippen LogP contribution in [0.25, 0.3) is 0 Å². The summed E-state index contributed by atoms with van der Waals surface area (Å²) in [6.07, 6.45) is 5.72. The maximum Gasteiger partial charge on any atom is 0.0701 e. The lowest BCUT2D eigenvalue weighted by Crippen LogP contribution is -2.47. The second kappa shape index (κ2) is 6.72. The molecule has 116 valence electrons. The van der Waals surface area contributed by atoms with Gasteiger partial charge in [0.15, 0.2) is 0 Å². The number of hydrogen-bond donors (Lipinski definition) is 1. The van der Waals surface area contributed by atoms with Crippen LogP contribution in [0.2, 0.25) is 0 Å². The maximum atomic E-state index is 6.56. The molecule has 0 amide bonds. The standard InChI is InChI=1S/C18H27NOS/c1-14-3-2-4-15(11-14)12-17(19)16-5-8-20-18(13-16)6-9-21-10-7-18/h2-4,11,16-17H,5-10,12-13,19H2,1H3. The van der Waals surface area contributed by atoms with Crippen molar-refractivity contribution < 1.29 is 4.74 Å². The fourth-order valence-electron chi connectivity index (χ4n) is 3.80. The van der Waals surface area contributed by atoms with E-state index in [-0.39, 0.29) is 11.6 Å². The van der Waals surface area contributed by atoms with E-state index in [4.69, 9.17) is 10.5 Å². The van der Waals surface area contributed by atoms with Gasteiger partial charge < -0.3 is 10.5 Å². The van der Waals surface area contributed by atoms with E-state index >= 15 is 0 Å². The normalized spacial score (nSPS) is 26.7. The number of nitrogens with two attached hydrogens (primary N) is 1. The number of hydrogen-bond acceptors (Lipinski definition) is 3. The molecule has 2 fully saturated rings. The molecule has 2 heterocycles. The molecule has 2 unspecified atom stereocenters. The molecule has 1 aromatic rings. The Morgan fingerprint density at radius 1 is 1.38 bits per heavy atom. The molecule has 2 saturated heterocycles. The van der Waals surface area contributed by atoms with Gasteiger partial charge in [-0.3, -0.25) is 0 Å². The van der Waals surface area contributed by atoms with Crippen LogP contribution in [0.3, 0.4) is 0 Å². The van der Waals surface area contributed by atoms with Crippen molar-refractivity contribution in [1.82, 2.24) is 0 Å². The van der Waals surface area contributed by atoms with E-state index in [0.29, 0.717) is 5.92 Å². The number of aryl methyl sites for hydroxylation is 1. The Bertz CT molecular complexity index is 465. The second-order valence-corrected chi connectivity index (χ2v) is 7.98. The Labute approximate surface area is 132 Å². The summed E-state index contributed by atoms with van der Waals surface area (Å²) in [6, 6.07) is 9.03. The van der Waals surface area contributed by atoms with Crippen molar-refractivity contribution in [2.24, 2.45) is 11.7 Å². The minimum atomic E-state index is 0.151. The van der Waals surface area contributed by atoms with Crippen LogP contribution in [0, 0.1) is 12.8 Å². The minimum Gasteiger partial charge on any atom is -0.375 e. The van der Waals surface area contributed by atoms with Crippen LogP contribution in [0.1, 0.15) is 36.8 Å². The third-order valence-corrected chi connectivity index (χ3v) is 6.08. The zero-order valence-corrected chi connectivity index (χ0v) is 13.8. The van der Waals surface area contributed by atoms with Crippen LogP contribution in [0.4, 0.5) is 0 Å². The van der Waals surface area contributed by atoms with E-state index < -0.39 is 0 Å². The smallest absolute Gasteiger partial charge is 0.0701 e. The zero-order chi connectivity index (χ0) is 14.7. The average Bonchev–Trinajstić information content (AvgIpc) is 2.48. The first-order chi connectivity index (χ1) is 10.2. The summed E-state index contributed by atoms with van der Waals surface area (Å²) in [7, 11) is 0. The Balaban J connectivity index is 1.62. The largest absolute Gasteiger partial charge is 0.375 e. The number of thioether (sulfide) groups is 1. The van der Waals surface area contributed by atoms with E-state index in [1.807, 2.05) is 0 Å². The van der Waals surface area contributed by atoms with Gasteiger partial charge in [0.05, 0.1) is 5.60 Å². The van der Waals surface area contributed by atoms with Gasteiger partial charge in [-0.15, -0.1) is 0 Å². The van der Waals surface area contributed by atoms with Gasteiger partial charge in [-0.2, -0.15) is 11.8 Å². The summed E-state index contributed by atoms with van der Waals surface area (Å²) in [5, 5.41) is 0. The molecule has 2 nitrogen and oxygen atoms in total. The third kappa shape index (κ3) is 3.82. The Kier molecular flexibility index (Phi) is 4.92. The fraction of sp³-hybridized carbons (Fsp3) is 0.667. The first-order valence-corrected chi connectivity index (χ1v) is 9.35. The average molecular weight is 305 g/mol. The van der Waals surface area contributed by atoms with E-state index in [9.17, 15) is 0 Å². The molecule has 0 saturated carbocycles. The molecule has 3 rings (SSSR count). The van der Waals surface area contributed by atoms with Crippen molar-refractivity contribution in [3.63, 3.8) is 0 Å². The molecule has 0 bridgehead atoms. The van der Waals surface area contributed by atoms with E-state index in [2.05, 4.69) is 43.0 Å². The number of ether oxygens (including phenoxy) is 1. The van der Waals surface area contributed by atoms with Crippen LogP contribution in [-0.4, -0.2) is 29.8 Å². The SMILES string of the molecule is Cc1cccc(CC(N)C2CCOC3(CCSCC3)C2)c1. The van der Waals surface area contributed by atoms with Gasteiger partial charge in [-0.05, 0) is 62.0 Å². The molecule has 1 spiro atoms.